The molecular weight excluding hydrogens is 330 g/mol. The van der Waals surface area contributed by atoms with Crippen molar-refractivity contribution in [1.29, 1.82) is 0 Å². The van der Waals surface area contributed by atoms with Crippen molar-refractivity contribution in [3.8, 4) is 0 Å². The minimum absolute atomic E-state index is 0.158. The predicted molar refractivity (Wildman–Crippen MR) is 91.5 cm³/mol. The first-order valence-corrected chi connectivity index (χ1v) is 9.05. The van der Waals surface area contributed by atoms with Crippen molar-refractivity contribution in [1.82, 2.24) is 20.2 Å². The number of anilines is 1. The van der Waals surface area contributed by atoms with Crippen molar-refractivity contribution in [3.05, 3.63) is 27.0 Å². The van der Waals surface area contributed by atoms with Crippen molar-refractivity contribution in [2.45, 2.75) is 39.5 Å². The van der Waals surface area contributed by atoms with Crippen LogP contribution < -0.4 is 5.32 Å². The van der Waals surface area contributed by atoms with Gasteiger partial charge in [0.2, 0.25) is 5.13 Å². The van der Waals surface area contributed by atoms with Gasteiger partial charge in [-0.1, -0.05) is 11.3 Å². The van der Waals surface area contributed by atoms with E-state index in [1.807, 2.05) is 20.8 Å². The zero-order valence-corrected chi connectivity index (χ0v) is 14.6. The standard InChI is InChI=1S/C15H15N5OS2/c1-6-10-7(2)16-12(9-4-5-9)17-14(10)23-11(6)13(21)18-15-20-19-8(3)22-15/h9H,4-5H2,1-3H3,(H,18,20,21). The lowest BCUT2D eigenvalue weighted by atomic mass is 10.1. The summed E-state index contributed by atoms with van der Waals surface area (Å²) < 4.78 is 0. The first kappa shape index (κ1) is 14.6. The minimum atomic E-state index is -0.158. The third-order valence-corrected chi connectivity index (χ3v) is 5.82. The fraction of sp³-hybridized carbons (Fsp3) is 0.400. The lowest BCUT2D eigenvalue weighted by molar-refractivity contribution is 0.103. The predicted octanol–water partition coefficient (Wildman–Crippen LogP) is 3.60. The summed E-state index contributed by atoms with van der Waals surface area (Å²) in [6.45, 7) is 5.80. The molecule has 6 nitrogen and oxygen atoms in total. The number of rotatable bonds is 3. The molecule has 1 aliphatic carbocycles. The number of hydrogen-bond donors (Lipinski definition) is 1. The number of nitrogens with zero attached hydrogens (tertiary/aromatic N) is 4. The van der Waals surface area contributed by atoms with E-state index >= 15 is 0 Å². The molecule has 3 heterocycles. The Morgan fingerprint density at radius 2 is 1.91 bits per heavy atom. The molecule has 23 heavy (non-hydrogen) atoms. The zero-order chi connectivity index (χ0) is 16.1. The number of thiophene rings is 1. The molecule has 3 aromatic rings. The van der Waals surface area contributed by atoms with Gasteiger partial charge < -0.3 is 0 Å². The van der Waals surface area contributed by atoms with Crippen molar-refractivity contribution in [2.75, 3.05) is 5.32 Å². The highest BCUT2D eigenvalue weighted by Gasteiger charge is 2.28. The van der Waals surface area contributed by atoms with E-state index in [0.29, 0.717) is 15.9 Å². The molecule has 0 aromatic carbocycles. The molecule has 1 amide bonds. The Labute approximate surface area is 141 Å². The van der Waals surface area contributed by atoms with Crippen molar-refractivity contribution in [3.63, 3.8) is 0 Å². The highest BCUT2D eigenvalue weighted by Crippen LogP contribution is 2.40. The zero-order valence-electron chi connectivity index (χ0n) is 13.0. The number of carbonyl (C=O) groups excluding carboxylic acids is 1. The van der Waals surface area contributed by atoms with E-state index in [2.05, 4.69) is 25.5 Å². The molecular formula is C15H15N5OS2. The van der Waals surface area contributed by atoms with Gasteiger partial charge in [-0.05, 0) is 39.2 Å². The van der Waals surface area contributed by atoms with Crippen LogP contribution in [0.2, 0.25) is 0 Å². The summed E-state index contributed by atoms with van der Waals surface area (Å²) in [5, 5.41) is 13.0. The SMILES string of the molecule is Cc1nnc(NC(=O)c2sc3nc(C4CC4)nc(C)c3c2C)s1. The number of aromatic nitrogens is 4. The Kier molecular flexibility index (Phi) is 3.38. The second kappa shape index (κ2) is 5.31. The molecule has 0 spiro atoms. The smallest absolute Gasteiger partial charge is 0.267 e. The van der Waals surface area contributed by atoms with E-state index in [1.165, 1.54) is 35.5 Å². The van der Waals surface area contributed by atoms with Gasteiger partial charge in [0, 0.05) is 11.3 Å². The second-order valence-corrected chi connectivity index (χ2v) is 7.94. The number of hydrogen-bond acceptors (Lipinski definition) is 7. The Hall–Kier alpha value is -1.93. The van der Waals surface area contributed by atoms with Gasteiger partial charge in [-0.25, -0.2) is 9.97 Å². The van der Waals surface area contributed by atoms with E-state index in [-0.39, 0.29) is 5.91 Å². The molecule has 0 unspecified atom stereocenters. The molecule has 118 valence electrons. The molecule has 0 radical (unpaired) electrons. The monoisotopic (exact) mass is 345 g/mol. The Morgan fingerprint density at radius 1 is 1.13 bits per heavy atom. The Morgan fingerprint density at radius 3 is 2.57 bits per heavy atom. The maximum absolute atomic E-state index is 12.5. The molecule has 0 bridgehead atoms. The van der Waals surface area contributed by atoms with Crippen LogP contribution >= 0.6 is 22.7 Å². The summed E-state index contributed by atoms with van der Waals surface area (Å²) in [6.07, 6.45) is 2.33. The summed E-state index contributed by atoms with van der Waals surface area (Å²) in [5.41, 5.74) is 1.89. The molecule has 0 atom stereocenters. The Bertz CT molecular complexity index is 925. The van der Waals surface area contributed by atoms with Crippen molar-refractivity contribution < 1.29 is 4.79 Å². The highest BCUT2D eigenvalue weighted by atomic mass is 32.1. The van der Waals surface area contributed by atoms with E-state index in [1.54, 1.807) is 0 Å². The van der Waals surface area contributed by atoms with Gasteiger partial charge in [-0.15, -0.1) is 21.5 Å². The van der Waals surface area contributed by atoms with E-state index in [4.69, 9.17) is 0 Å². The molecule has 4 rings (SSSR count). The van der Waals surface area contributed by atoms with Crippen LogP contribution in [-0.2, 0) is 0 Å². The molecule has 1 aliphatic rings. The van der Waals surface area contributed by atoms with Crippen LogP contribution in [-0.4, -0.2) is 26.1 Å². The maximum Gasteiger partial charge on any atom is 0.267 e. The normalized spacial score (nSPS) is 14.4. The number of fused-ring (bicyclic) bond motifs is 1. The summed E-state index contributed by atoms with van der Waals surface area (Å²) in [5.74, 6) is 1.26. The average Bonchev–Trinajstić information content (AvgIpc) is 3.19. The van der Waals surface area contributed by atoms with Crippen LogP contribution in [0, 0.1) is 20.8 Å². The van der Waals surface area contributed by atoms with E-state index in [0.717, 1.165) is 32.3 Å². The van der Waals surface area contributed by atoms with Gasteiger partial charge in [-0.3, -0.25) is 10.1 Å². The van der Waals surface area contributed by atoms with Gasteiger partial charge in [0.05, 0.1) is 10.6 Å². The van der Waals surface area contributed by atoms with Crippen LogP contribution in [0.5, 0.6) is 0 Å². The topological polar surface area (TPSA) is 80.7 Å². The average molecular weight is 345 g/mol. The van der Waals surface area contributed by atoms with Crippen LogP contribution in [0.1, 0.15) is 50.5 Å². The van der Waals surface area contributed by atoms with E-state index in [9.17, 15) is 4.79 Å². The lowest BCUT2D eigenvalue weighted by Gasteiger charge is -2.02. The highest BCUT2D eigenvalue weighted by molar-refractivity contribution is 7.21. The summed E-state index contributed by atoms with van der Waals surface area (Å²) >= 11 is 2.79. The van der Waals surface area contributed by atoms with Gasteiger partial charge in [0.15, 0.2) is 0 Å². The molecule has 1 fully saturated rings. The first-order valence-electron chi connectivity index (χ1n) is 7.42. The summed E-state index contributed by atoms with van der Waals surface area (Å²) in [7, 11) is 0. The minimum Gasteiger partial charge on any atom is -0.296 e. The van der Waals surface area contributed by atoms with Gasteiger partial charge in [0.1, 0.15) is 15.7 Å². The van der Waals surface area contributed by atoms with E-state index < -0.39 is 0 Å². The van der Waals surface area contributed by atoms with Crippen LogP contribution in [0.25, 0.3) is 10.2 Å². The summed E-state index contributed by atoms with van der Waals surface area (Å²) in [6, 6.07) is 0. The van der Waals surface area contributed by atoms with Crippen LogP contribution in [0.4, 0.5) is 5.13 Å². The molecule has 1 saturated carbocycles. The number of carbonyl (C=O) groups is 1. The molecule has 1 N–H and O–H groups in total. The molecule has 0 saturated heterocycles. The fourth-order valence-electron chi connectivity index (χ4n) is 2.60. The second-order valence-electron chi connectivity index (χ2n) is 5.76. The van der Waals surface area contributed by atoms with Crippen molar-refractivity contribution in [2.24, 2.45) is 0 Å². The largest absolute Gasteiger partial charge is 0.296 e. The quantitative estimate of drug-likeness (QED) is 0.784. The van der Waals surface area contributed by atoms with Crippen molar-refractivity contribution >= 4 is 43.9 Å². The van der Waals surface area contributed by atoms with Gasteiger partial charge in [0.25, 0.3) is 5.91 Å². The number of amides is 1. The third kappa shape index (κ3) is 2.61. The molecule has 3 aromatic heterocycles. The fourth-order valence-corrected chi connectivity index (χ4v) is 4.32. The molecule has 8 heteroatoms. The number of aryl methyl sites for hydroxylation is 3. The van der Waals surface area contributed by atoms with Crippen LogP contribution in [0.15, 0.2) is 0 Å². The maximum atomic E-state index is 12.5. The summed E-state index contributed by atoms with van der Waals surface area (Å²) in [4.78, 5) is 23.4. The number of nitrogens with one attached hydrogen (secondary N) is 1. The third-order valence-electron chi connectivity index (χ3n) is 3.88. The first-order chi connectivity index (χ1) is 11.0. The van der Waals surface area contributed by atoms with Crippen LogP contribution in [0.3, 0.4) is 0 Å². The van der Waals surface area contributed by atoms with Gasteiger partial charge in [-0.2, -0.15) is 0 Å². The van der Waals surface area contributed by atoms with Gasteiger partial charge >= 0.3 is 0 Å². The lowest BCUT2D eigenvalue weighted by Crippen LogP contribution is -2.11. The Balaban J connectivity index is 1.73. The molecule has 0 aliphatic heterocycles.